The van der Waals surface area contributed by atoms with Crippen molar-refractivity contribution in [3.63, 3.8) is 0 Å². The van der Waals surface area contributed by atoms with E-state index in [2.05, 4.69) is 77.0 Å². The van der Waals surface area contributed by atoms with Crippen LogP contribution in [0, 0.1) is 5.92 Å². The second-order valence-electron chi connectivity index (χ2n) is 15.6. The lowest BCUT2D eigenvalue weighted by molar-refractivity contribution is -0.142. The number of phenolic OH excluding ortho intramolecular Hbond substituents is 1. The topological polar surface area (TPSA) is 79.3 Å². The molecule has 0 radical (unpaired) electrons. The number of ether oxygens (including phenoxy) is 2. The molecule has 2 aliphatic carbocycles. The van der Waals surface area contributed by atoms with E-state index in [0.29, 0.717) is 30.4 Å². The summed E-state index contributed by atoms with van der Waals surface area (Å²) < 4.78 is 12.8. The molecule has 1 saturated carbocycles. The van der Waals surface area contributed by atoms with Crippen molar-refractivity contribution in [1.82, 2.24) is 9.80 Å². The number of hydrogen-bond acceptors (Lipinski definition) is 6. The third kappa shape index (κ3) is 7.26. The summed E-state index contributed by atoms with van der Waals surface area (Å²) in [4.78, 5) is 31.4. The van der Waals surface area contributed by atoms with Crippen LogP contribution in [0.1, 0.15) is 99.8 Å². The Labute approximate surface area is 310 Å². The maximum atomic E-state index is 14.4. The van der Waals surface area contributed by atoms with Crippen LogP contribution >= 0.6 is 0 Å². The van der Waals surface area contributed by atoms with Crippen molar-refractivity contribution in [1.29, 1.82) is 0 Å². The van der Waals surface area contributed by atoms with Crippen LogP contribution in [0.2, 0.25) is 0 Å². The van der Waals surface area contributed by atoms with Crippen LogP contribution in [-0.4, -0.2) is 64.6 Å². The van der Waals surface area contributed by atoms with Crippen LogP contribution in [-0.2, 0) is 34.3 Å². The van der Waals surface area contributed by atoms with Gasteiger partial charge in [-0.3, -0.25) is 14.5 Å². The zero-order valence-electron chi connectivity index (χ0n) is 30.9. The zero-order valence-corrected chi connectivity index (χ0v) is 30.9. The molecule has 0 unspecified atom stereocenters. The molecule has 1 amide bonds. The Balaban J connectivity index is 1.11. The van der Waals surface area contributed by atoms with E-state index in [-0.39, 0.29) is 35.3 Å². The van der Waals surface area contributed by atoms with Crippen LogP contribution in [0.3, 0.4) is 0 Å². The number of aromatic hydroxyl groups is 1. The molecule has 7 heteroatoms. The van der Waals surface area contributed by atoms with Crippen molar-refractivity contribution in [3.8, 4) is 17.2 Å². The molecule has 4 aliphatic rings. The van der Waals surface area contributed by atoms with E-state index in [1.807, 2.05) is 6.08 Å². The van der Waals surface area contributed by atoms with Gasteiger partial charge >= 0.3 is 5.97 Å². The SMILES string of the molecule is C=CCN1CC[C@]23c4c5c(O)cc(OC(C)=O)c4O[C@H]2[C@@H](N(CCCCc2ccccc2)C(=O)CCCCCCCc2ccccc2)CC[C@H]3[C@H]1C5. The van der Waals surface area contributed by atoms with E-state index >= 15 is 0 Å². The molecule has 1 saturated heterocycles. The lowest BCUT2D eigenvalue weighted by Gasteiger charge is -2.60. The van der Waals surface area contributed by atoms with Crippen LogP contribution < -0.4 is 9.47 Å². The van der Waals surface area contributed by atoms with Crippen molar-refractivity contribution in [2.75, 3.05) is 19.6 Å². The van der Waals surface area contributed by atoms with Gasteiger partial charge in [-0.25, -0.2) is 0 Å². The number of unbranched alkanes of at least 4 members (excludes halogenated alkanes) is 5. The van der Waals surface area contributed by atoms with Gasteiger partial charge in [-0.05, 0) is 87.8 Å². The second-order valence-corrected chi connectivity index (χ2v) is 15.6. The maximum absolute atomic E-state index is 14.4. The Hall–Kier alpha value is -4.10. The van der Waals surface area contributed by atoms with E-state index in [0.717, 1.165) is 94.8 Å². The minimum atomic E-state index is -0.440. The maximum Gasteiger partial charge on any atom is 0.308 e. The monoisotopic (exact) mass is 704 g/mol. The van der Waals surface area contributed by atoms with Gasteiger partial charge in [-0.15, -0.1) is 6.58 Å². The van der Waals surface area contributed by atoms with Crippen molar-refractivity contribution >= 4 is 11.9 Å². The average molecular weight is 705 g/mol. The number of amides is 1. The summed E-state index contributed by atoms with van der Waals surface area (Å²) in [6.45, 7) is 7.83. The Morgan fingerprint density at radius 2 is 1.63 bits per heavy atom. The number of hydrogen-bond donors (Lipinski definition) is 1. The van der Waals surface area contributed by atoms with Crippen molar-refractivity contribution in [3.05, 3.63) is 102 Å². The predicted molar refractivity (Wildman–Crippen MR) is 205 cm³/mol. The number of nitrogens with zero attached hydrogens (tertiary/aromatic N) is 2. The van der Waals surface area contributed by atoms with Gasteiger partial charge in [-0.2, -0.15) is 0 Å². The van der Waals surface area contributed by atoms with Gasteiger partial charge in [0.2, 0.25) is 5.91 Å². The fraction of sp³-hybridized carbons (Fsp3) is 0.511. The zero-order chi connectivity index (χ0) is 36.1. The number of esters is 1. The molecule has 2 fully saturated rings. The normalized spacial score (nSPS) is 24.1. The number of carbonyl (C=O) groups excluding carboxylic acids is 2. The molecule has 0 aromatic heterocycles. The van der Waals surface area contributed by atoms with Crippen molar-refractivity contribution in [2.45, 2.75) is 120 Å². The van der Waals surface area contributed by atoms with Crippen LogP contribution in [0.15, 0.2) is 79.4 Å². The molecule has 7 nitrogen and oxygen atoms in total. The van der Waals surface area contributed by atoms with E-state index in [4.69, 9.17) is 9.47 Å². The minimum Gasteiger partial charge on any atom is -0.508 e. The third-order valence-corrected chi connectivity index (χ3v) is 12.5. The molecular weight excluding hydrogens is 649 g/mol. The van der Waals surface area contributed by atoms with Crippen LogP contribution in [0.5, 0.6) is 17.2 Å². The summed E-state index contributed by atoms with van der Waals surface area (Å²) >= 11 is 0. The molecule has 2 bridgehead atoms. The summed E-state index contributed by atoms with van der Waals surface area (Å²) in [5, 5.41) is 11.4. The molecule has 1 spiro atoms. The predicted octanol–water partition coefficient (Wildman–Crippen LogP) is 8.35. The first-order chi connectivity index (χ1) is 25.4. The fourth-order valence-electron chi connectivity index (χ4n) is 10.2. The summed E-state index contributed by atoms with van der Waals surface area (Å²) in [7, 11) is 0. The van der Waals surface area contributed by atoms with Gasteiger partial charge in [-0.1, -0.05) is 86.0 Å². The molecule has 276 valence electrons. The standard InChI is InChI=1S/C45H56N2O5/c1-3-27-46-29-26-45-36-24-25-37(44(45)52-43-40(51-32(2)48)31-39(49)35(42(43)45)30-38(36)46)47(28-16-15-22-34-20-12-8-13-21-34)41(50)23-14-6-4-5-9-17-33-18-10-7-11-19-33/h3,7-8,10-13,18-21,31,36-38,44,49H,1,4-6,9,14-17,22-30H2,2H3/t36-,37-,38+,44-,45-/m0/s1. The molecule has 1 N–H and O–H groups in total. The Morgan fingerprint density at radius 3 is 2.33 bits per heavy atom. The third-order valence-electron chi connectivity index (χ3n) is 12.5. The first-order valence-electron chi connectivity index (χ1n) is 19.9. The number of likely N-dealkylation sites (tertiary alicyclic amines) is 1. The molecule has 2 aliphatic heterocycles. The largest absolute Gasteiger partial charge is 0.508 e. The number of piperidine rings is 1. The highest BCUT2D eigenvalue weighted by atomic mass is 16.6. The van der Waals surface area contributed by atoms with Crippen molar-refractivity contribution < 1.29 is 24.2 Å². The van der Waals surface area contributed by atoms with Gasteiger partial charge in [0, 0.05) is 55.1 Å². The van der Waals surface area contributed by atoms with Crippen LogP contribution in [0.25, 0.3) is 0 Å². The Bertz CT molecular complexity index is 1710. The number of phenols is 1. The van der Waals surface area contributed by atoms with E-state index < -0.39 is 5.97 Å². The van der Waals surface area contributed by atoms with Gasteiger partial charge in [0.1, 0.15) is 11.9 Å². The first kappa shape index (κ1) is 36.3. The lowest BCUT2D eigenvalue weighted by Crippen LogP contribution is -2.69. The molecule has 3 aromatic rings. The first-order valence-corrected chi connectivity index (χ1v) is 19.9. The smallest absolute Gasteiger partial charge is 0.308 e. The quantitative estimate of drug-likeness (QED) is 0.0659. The Kier molecular flexibility index (Phi) is 11.4. The molecule has 5 atom stereocenters. The summed E-state index contributed by atoms with van der Waals surface area (Å²) in [6.07, 6.45) is 15.2. The lowest BCUT2D eigenvalue weighted by atomic mass is 9.50. The summed E-state index contributed by atoms with van der Waals surface area (Å²) in [5.41, 5.74) is 4.31. The highest BCUT2D eigenvalue weighted by Crippen LogP contribution is 2.65. The molecule has 2 heterocycles. The van der Waals surface area contributed by atoms with Crippen LogP contribution in [0.4, 0.5) is 0 Å². The van der Waals surface area contributed by atoms with E-state index in [1.54, 1.807) is 6.07 Å². The number of benzene rings is 3. The van der Waals surface area contributed by atoms with Gasteiger partial charge in [0.05, 0.1) is 6.04 Å². The Morgan fingerprint density at radius 1 is 0.962 bits per heavy atom. The fourth-order valence-corrected chi connectivity index (χ4v) is 10.2. The highest BCUT2D eigenvalue weighted by molar-refractivity contribution is 5.77. The highest BCUT2D eigenvalue weighted by Gasteiger charge is 2.67. The summed E-state index contributed by atoms with van der Waals surface area (Å²) in [5.74, 6) is 1.17. The number of carbonyl (C=O) groups is 2. The molecule has 3 aromatic carbocycles. The molecule has 52 heavy (non-hydrogen) atoms. The molecule has 7 rings (SSSR count). The average Bonchev–Trinajstić information content (AvgIpc) is 3.49. The summed E-state index contributed by atoms with van der Waals surface area (Å²) in [6, 6.07) is 23.0. The second kappa shape index (κ2) is 16.3. The van der Waals surface area contributed by atoms with E-state index in [1.165, 1.54) is 30.9 Å². The van der Waals surface area contributed by atoms with Gasteiger partial charge in [0.15, 0.2) is 11.5 Å². The minimum absolute atomic E-state index is 0.0939. The van der Waals surface area contributed by atoms with Crippen molar-refractivity contribution in [2.24, 2.45) is 5.92 Å². The van der Waals surface area contributed by atoms with E-state index in [9.17, 15) is 14.7 Å². The van der Waals surface area contributed by atoms with Gasteiger partial charge < -0.3 is 19.5 Å². The number of aryl methyl sites for hydroxylation is 2. The van der Waals surface area contributed by atoms with Gasteiger partial charge in [0.25, 0.3) is 0 Å². The number of rotatable bonds is 17. The molecular formula is C45H56N2O5.